The van der Waals surface area contributed by atoms with E-state index < -0.39 is 6.03 Å². The van der Waals surface area contributed by atoms with Crippen LogP contribution in [0.5, 0.6) is 11.5 Å². The first-order valence-electron chi connectivity index (χ1n) is 5.68. The van der Waals surface area contributed by atoms with Crippen molar-refractivity contribution in [2.75, 3.05) is 10.6 Å². The Hall–Kier alpha value is -3.20. The highest BCUT2D eigenvalue weighted by atomic mass is 16.3. The summed E-state index contributed by atoms with van der Waals surface area (Å²) in [7, 11) is 0. The Morgan fingerprint density at radius 3 is 2.35 bits per heavy atom. The van der Waals surface area contributed by atoms with Crippen molar-refractivity contribution in [1.29, 1.82) is 5.26 Å². The molecule has 6 nitrogen and oxygen atoms in total. The first-order chi connectivity index (χ1) is 9.58. The molecule has 0 saturated heterocycles. The molecule has 6 heteroatoms. The van der Waals surface area contributed by atoms with Crippen LogP contribution in [0.4, 0.5) is 16.2 Å². The number of urea groups is 1. The van der Waals surface area contributed by atoms with Gasteiger partial charge in [-0.2, -0.15) is 5.26 Å². The fraction of sp³-hybridized carbons (Fsp3) is 0. The zero-order chi connectivity index (χ0) is 14.5. The summed E-state index contributed by atoms with van der Waals surface area (Å²) in [6.07, 6.45) is 0. The van der Waals surface area contributed by atoms with Gasteiger partial charge in [-0.05, 0) is 12.1 Å². The molecule has 0 aromatic heterocycles. The first kappa shape index (κ1) is 13.2. The number of nitrogens with zero attached hydrogens (tertiary/aromatic N) is 1. The molecule has 0 radical (unpaired) electrons. The van der Waals surface area contributed by atoms with E-state index in [0.717, 1.165) is 6.07 Å². The first-order valence-corrected chi connectivity index (χ1v) is 5.68. The summed E-state index contributed by atoms with van der Waals surface area (Å²) < 4.78 is 0. The predicted molar refractivity (Wildman–Crippen MR) is 73.6 cm³/mol. The highest BCUT2D eigenvalue weighted by Crippen LogP contribution is 2.24. The van der Waals surface area contributed by atoms with Crippen LogP contribution in [0.2, 0.25) is 0 Å². The maximum absolute atomic E-state index is 11.8. The summed E-state index contributed by atoms with van der Waals surface area (Å²) in [5, 5.41) is 32.5. The van der Waals surface area contributed by atoms with Gasteiger partial charge in [-0.3, -0.25) is 0 Å². The van der Waals surface area contributed by atoms with Gasteiger partial charge in [0.1, 0.15) is 17.6 Å². The van der Waals surface area contributed by atoms with Gasteiger partial charge in [0.15, 0.2) is 0 Å². The minimum absolute atomic E-state index is 0.169. The number of rotatable bonds is 2. The van der Waals surface area contributed by atoms with Gasteiger partial charge in [-0.1, -0.05) is 12.1 Å². The van der Waals surface area contributed by atoms with Crippen molar-refractivity contribution in [3.05, 3.63) is 48.0 Å². The second kappa shape index (κ2) is 5.63. The molecule has 20 heavy (non-hydrogen) atoms. The Morgan fingerprint density at radius 1 is 1.05 bits per heavy atom. The number of aromatic hydroxyl groups is 2. The van der Waals surface area contributed by atoms with Gasteiger partial charge in [-0.25, -0.2) is 4.79 Å². The molecule has 0 aliphatic heterocycles. The lowest BCUT2D eigenvalue weighted by atomic mass is 10.2. The monoisotopic (exact) mass is 269 g/mol. The van der Waals surface area contributed by atoms with Gasteiger partial charge in [0.25, 0.3) is 0 Å². The summed E-state index contributed by atoms with van der Waals surface area (Å²) in [4.78, 5) is 11.8. The Kier molecular flexibility index (Phi) is 3.72. The number of benzene rings is 2. The molecule has 0 aliphatic rings. The average Bonchev–Trinajstić information content (AvgIpc) is 2.37. The maximum Gasteiger partial charge on any atom is 0.323 e. The molecule has 2 aromatic carbocycles. The van der Waals surface area contributed by atoms with Crippen LogP contribution in [-0.2, 0) is 0 Å². The van der Waals surface area contributed by atoms with Crippen LogP contribution in [-0.4, -0.2) is 16.2 Å². The zero-order valence-corrected chi connectivity index (χ0v) is 10.3. The normalized spacial score (nSPS) is 9.55. The minimum atomic E-state index is -0.585. The standard InChI is InChI=1S/C14H11N3O3/c15-8-9-3-1-2-4-13(9)17-14(20)16-10-5-11(18)7-12(19)6-10/h1-7,18-19H,(H2,16,17,20). The molecule has 0 aliphatic carbocycles. The molecule has 2 aromatic rings. The molecule has 4 N–H and O–H groups in total. The molecule has 2 rings (SSSR count). The lowest BCUT2D eigenvalue weighted by molar-refractivity contribution is 0.262. The van der Waals surface area contributed by atoms with E-state index in [0.29, 0.717) is 11.3 Å². The van der Waals surface area contributed by atoms with Gasteiger partial charge >= 0.3 is 6.03 Å². The highest BCUT2D eigenvalue weighted by Gasteiger charge is 2.07. The SMILES string of the molecule is N#Cc1ccccc1NC(=O)Nc1cc(O)cc(O)c1. The molecule has 0 bridgehead atoms. The van der Waals surface area contributed by atoms with E-state index in [2.05, 4.69) is 10.6 Å². The molecule has 0 unspecified atom stereocenters. The van der Waals surface area contributed by atoms with Crippen LogP contribution in [0, 0.1) is 11.3 Å². The quantitative estimate of drug-likeness (QED) is 0.672. The number of amides is 2. The molecule has 0 spiro atoms. The number of para-hydroxylation sites is 1. The average molecular weight is 269 g/mol. The lowest BCUT2D eigenvalue weighted by Crippen LogP contribution is -2.19. The highest BCUT2D eigenvalue weighted by molar-refractivity contribution is 6.00. The second-order valence-electron chi connectivity index (χ2n) is 3.97. The third-order valence-electron chi connectivity index (χ3n) is 2.46. The Labute approximate surface area is 114 Å². The van der Waals surface area contributed by atoms with Crippen LogP contribution in [0.15, 0.2) is 42.5 Å². The Bertz CT molecular complexity index is 672. The molecule has 0 heterocycles. The number of carbonyl (C=O) groups excluding carboxylic acids is 1. The van der Waals surface area contributed by atoms with Crippen molar-refractivity contribution < 1.29 is 15.0 Å². The number of nitriles is 1. The third kappa shape index (κ3) is 3.17. The Morgan fingerprint density at radius 2 is 1.70 bits per heavy atom. The molecule has 0 saturated carbocycles. The van der Waals surface area contributed by atoms with E-state index in [1.807, 2.05) is 6.07 Å². The fourth-order valence-electron chi connectivity index (χ4n) is 1.64. The van der Waals surface area contributed by atoms with E-state index in [-0.39, 0.29) is 17.2 Å². The van der Waals surface area contributed by atoms with E-state index in [1.165, 1.54) is 12.1 Å². The lowest BCUT2D eigenvalue weighted by Gasteiger charge is -2.09. The molecular formula is C14H11N3O3. The number of anilines is 2. The summed E-state index contributed by atoms with van der Waals surface area (Å²) in [5.74, 6) is -0.338. The van der Waals surface area contributed by atoms with Crippen LogP contribution in [0.25, 0.3) is 0 Å². The number of phenolic OH excluding ortho intramolecular Hbond substituents is 2. The summed E-state index contributed by atoms with van der Waals surface area (Å²) in [5.41, 5.74) is 0.938. The number of phenols is 2. The topological polar surface area (TPSA) is 105 Å². The molecular weight excluding hydrogens is 258 g/mol. The van der Waals surface area contributed by atoms with E-state index in [9.17, 15) is 15.0 Å². The van der Waals surface area contributed by atoms with Gasteiger partial charge < -0.3 is 20.8 Å². The smallest absolute Gasteiger partial charge is 0.323 e. The third-order valence-corrected chi connectivity index (χ3v) is 2.46. The van der Waals surface area contributed by atoms with E-state index in [4.69, 9.17) is 5.26 Å². The van der Waals surface area contributed by atoms with Gasteiger partial charge in [0.2, 0.25) is 0 Å². The number of nitrogens with one attached hydrogen (secondary N) is 2. The predicted octanol–water partition coefficient (Wildman–Crippen LogP) is 2.61. The van der Waals surface area contributed by atoms with Gasteiger partial charge in [0, 0.05) is 23.9 Å². The van der Waals surface area contributed by atoms with E-state index >= 15 is 0 Å². The Balaban J connectivity index is 2.11. The molecule has 0 atom stereocenters. The molecule has 100 valence electrons. The number of carbonyl (C=O) groups is 1. The van der Waals surface area contributed by atoms with Crippen molar-refractivity contribution in [3.63, 3.8) is 0 Å². The molecule has 0 fully saturated rings. The van der Waals surface area contributed by atoms with Crippen molar-refractivity contribution in [3.8, 4) is 17.6 Å². The van der Waals surface area contributed by atoms with Crippen LogP contribution in [0.1, 0.15) is 5.56 Å². The van der Waals surface area contributed by atoms with Crippen molar-refractivity contribution in [2.45, 2.75) is 0 Å². The molecule has 2 amide bonds. The summed E-state index contributed by atoms with van der Waals surface area (Å²) in [6, 6.07) is 11.7. The fourth-order valence-corrected chi connectivity index (χ4v) is 1.64. The van der Waals surface area contributed by atoms with Crippen molar-refractivity contribution >= 4 is 17.4 Å². The van der Waals surface area contributed by atoms with E-state index in [1.54, 1.807) is 24.3 Å². The zero-order valence-electron chi connectivity index (χ0n) is 10.3. The number of hydrogen-bond acceptors (Lipinski definition) is 4. The number of hydrogen-bond donors (Lipinski definition) is 4. The van der Waals surface area contributed by atoms with Crippen LogP contribution < -0.4 is 10.6 Å². The summed E-state index contributed by atoms with van der Waals surface area (Å²) >= 11 is 0. The van der Waals surface area contributed by atoms with Crippen molar-refractivity contribution in [1.82, 2.24) is 0 Å². The maximum atomic E-state index is 11.8. The van der Waals surface area contributed by atoms with Crippen LogP contribution in [0.3, 0.4) is 0 Å². The largest absolute Gasteiger partial charge is 0.508 e. The summed E-state index contributed by atoms with van der Waals surface area (Å²) in [6.45, 7) is 0. The van der Waals surface area contributed by atoms with Crippen LogP contribution >= 0.6 is 0 Å². The minimum Gasteiger partial charge on any atom is -0.508 e. The van der Waals surface area contributed by atoms with Gasteiger partial charge in [-0.15, -0.1) is 0 Å². The van der Waals surface area contributed by atoms with Gasteiger partial charge in [0.05, 0.1) is 11.3 Å². The second-order valence-corrected chi connectivity index (χ2v) is 3.97. The van der Waals surface area contributed by atoms with Crippen molar-refractivity contribution in [2.24, 2.45) is 0 Å².